The molecule has 0 N–H and O–H groups in total. The van der Waals surface area contributed by atoms with Gasteiger partial charge in [-0.1, -0.05) is 42.5 Å². The van der Waals surface area contributed by atoms with Crippen molar-refractivity contribution in [3.8, 4) is 5.75 Å². The molecule has 0 saturated carbocycles. The molecule has 6 heteroatoms. The maximum Gasteiger partial charge on any atom is 0.185 e. The zero-order chi connectivity index (χ0) is 16.2. The number of ketones is 1. The average molecular weight is 317 g/mol. The smallest absolute Gasteiger partial charge is 0.185 e. The Morgan fingerprint density at radius 2 is 1.82 bits per heavy atom. The van der Waals surface area contributed by atoms with Crippen LogP contribution < -0.4 is 4.74 Å². The van der Waals surface area contributed by atoms with E-state index in [0.29, 0.717) is 11.1 Å². The molecule has 0 spiro atoms. The van der Waals surface area contributed by atoms with Crippen LogP contribution in [0.1, 0.15) is 15.9 Å². The lowest BCUT2D eigenvalue weighted by atomic mass is 10.1. The molecule has 2 aromatic rings. The minimum Gasteiger partial charge on any atom is -0.744 e. The Balaban J connectivity index is 2.31. The number of carbonyl (C=O) groups excluding carboxylic acids is 1. The summed E-state index contributed by atoms with van der Waals surface area (Å²) >= 11 is 0. The Bertz CT molecular complexity index is 808. The molecule has 0 unspecified atom stereocenters. The molecular formula is C16H13O5S-. The monoisotopic (exact) mass is 317 g/mol. The number of hydrogen-bond acceptors (Lipinski definition) is 5. The molecule has 0 radical (unpaired) electrons. The quantitative estimate of drug-likeness (QED) is 0.480. The van der Waals surface area contributed by atoms with Gasteiger partial charge in [0.2, 0.25) is 0 Å². The molecule has 5 nitrogen and oxygen atoms in total. The van der Waals surface area contributed by atoms with Gasteiger partial charge in [-0.3, -0.25) is 4.79 Å². The summed E-state index contributed by atoms with van der Waals surface area (Å²) in [6.07, 6.45) is 2.77. The summed E-state index contributed by atoms with van der Waals surface area (Å²) in [7, 11) is -3.38. The minimum absolute atomic E-state index is 0.0264. The van der Waals surface area contributed by atoms with E-state index in [1.165, 1.54) is 31.4 Å². The van der Waals surface area contributed by atoms with Crippen molar-refractivity contribution >= 4 is 22.0 Å². The maximum absolute atomic E-state index is 11.9. The van der Waals surface area contributed by atoms with Gasteiger partial charge in [0.25, 0.3) is 0 Å². The molecule has 0 amide bonds. The van der Waals surface area contributed by atoms with Gasteiger partial charge in [-0.05, 0) is 23.8 Å². The summed E-state index contributed by atoms with van der Waals surface area (Å²) in [5.74, 6) is -0.246. The highest BCUT2D eigenvalue weighted by molar-refractivity contribution is 7.85. The van der Waals surface area contributed by atoms with Gasteiger partial charge in [-0.2, -0.15) is 0 Å². The van der Waals surface area contributed by atoms with E-state index in [2.05, 4.69) is 0 Å². The molecule has 114 valence electrons. The van der Waals surface area contributed by atoms with Gasteiger partial charge in [-0.15, -0.1) is 0 Å². The molecule has 0 aromatic heterocycles. The Labute approximate surface area is 128 Å². The first kappa shape index (κ1) is 15.9. The van der Waals surface area contributed by atoms with E-state index in [1.54, 1.807) is 36.4 Å². The molecule has 22 heavy (non-hydrogen) atoms. The summed E-state index contributed by atoms with van der Waals surface area (Å²) in [6.45, 7) is 0. The van der Waals surface area contributed by atoms with Crippen LogP contribution in [0.25, 0.3) is 6.08 Å². The molecule has 0 heterocycles. The highest BCUT2D eigenvalue weighted by Crippen LogP contribution is 2.25. The second-order valence-corrected chi connectivity index (χ2v) is 5.78. The van der Waals surface area contributed by atoms with Crippen LogP contribution in [-0.4, -0.2) is 25.9 Å². The summed E-state index contributed by atoms with van der Waals surface area (Å²) in [6, 6.07) is 12.8. The van der Waals surface area contributed by atoms with Crippen LogP contribution in [0.4, 0.5) is 0 Å². The Hall–Kier alpha value is -2.44. The molecule has 0 aliphatic rings. The first-order valence-corrected chi connectivity index (χ1v) is 7.74. The normalized spacial score (nSPS) is 11.5. The number of ether oxygens (including phenoxy) is 1. The largest absolute Gasteiger partial charge is 0.744 e. The molecule has 2 aromatic carbocycles. The third-order valence-electron chi connectivity index (χ3n) is 2.94. The number of rotatable bonds is 5. The van der Waals surface area contributed by atoms with Crippen LogP contribution in [0.5, 0.6) is 5.75 Å². The second-order valence-electron chi connectivity index (χ2n) is 4.43. The highest BCUT2D eigenvalue weighted by atomic mass is 32.2. The van der Waals surface area contributed by atoms with Crippen LogP contribution in [0, 0.1) is 0 Å². The zero-order valence-electron chi connectivity index (χ0n) is 11.7. The lowest BCUT2D eigenvalue weighted by Crippen LogP contribution is -2.02. The topological polar surface area (TPSA) is 83.5 Å². The van der Waals surface area contributed by atoms with Gasteiger partial charge in [0.15, 0.2) is 5.78 Å². The van der Waals surface area contributed by atoms with Gasteiger partial charge in [-0.25, -0.2) is 8.42 Å². The van der Waals surface area contributed by atoms with Crippen molar-refractivity contribution in [3.05, 3.63) is 65.7 Å². The van der Waals surface area contributed by atoms with Crippen LogP contribution >= 0.6 is 0 Å². The molecule has 2 rings (SSSR count). The van der Waals surface area contributed by atoms with E-state index < -0.39 is 15.0 Å². The number of carbonyl (C=O) groups is 1. The predicted octanol–water partition coefficient (Wildman–Crippen LogP) is 2.50. The zero-order valence-corrected chi connectivity index (χ0v) is 12.5. The highest BCUT2D eigenvalue weighted by Gasteiger charge is 2.10. The van der Waals surface area contributed by atoms with Crippen molar-refractivity contribution in [2.75, 3.05) is 7.11 Å². The Morgan fingerprint density at radius 1 is 1.14 bits per heavy atom. The lowest BCUT2D eigenvalue weighted by molar-refractivity contribution is 0.104. The maximum atomic E-state index is 11.9. The van der Waals surface area contributed by atoms with Crippen molar-refractivity contribution in [3.63, 3.8) is 0 Å². The number of methoxy groups -OCH3 is 1. The fraction of sp³-hybridized carbons (Fsp3) is 0.0625. The van der Waals surface area contributed by atoms with Crippen molar-refractivity contribution < 1.29 is 22.5 Å². The lowest BCUT2D eigenvalue weighted by Gasteiger charge is -2.12. The average Bonchev–Trinajstić information content (AvgIpc) is 2.52. The number of allylic oxidation sites excluding steroid dienone is 1. The minimum atomic E-state index is -4.65. The third-order valence-corrected chi connectivity index (χ3v) is 3.80. The second kappa shape index (κ2) is 6.55. The summed E-state index contributed by atoms with van der Waals surface area (Å²) in [4.78, 5) is 11.5. The van der Waals surface area contributed by atoms with Crippen molar-refractivity contribution in [1.29, 1.82) is 0 Å². The van der Waals surface area contributed by atoms with Crippen LogP contribution in [-0.2, 0) is 10.1 Å². The Kier molecular flexibility index (Phi) is 4.75. The molecule has 0 bridgehead atoms. The third kappa shape index (κ3) is 3.81. The van der Waals surface area contributed by atoms with Crippen molar-refractivity contribution in [1.82, 2.24) is 0 Å². The summed E-state index contributed by atoms with van der Waals surface area (Å²) in [5, 5.41) is 0. The van der Waals surface area contributed by atoms with E-state index >= 15 is 0 Å². The van der Waals surface area contributed by atoms with Gasteiger partial charge >= 0.3 is 0 Å². The van der Waals surface area contributed by atoms with Crippen LogP contribution in [0.15, 0.2) is 59.5 Å². The van der Waals surface area contributed by atoms with Gasteiger partial charge < -0.3 is 9.29 Å². The Morgan fingerprint density at radius 3 is 2.41 bits per heavy atom. The van der Waals surface area contributed by atoms with Crippen molar-refractivity contribution in [2.45, 2.75) is 4.90 Å². The van der Waals surface area contributed by atoms with E-state index in [4.69, 9.17) is 4.74 Å². The SMILES string of the molecule is COc1ccc(C=CC(=O)c2ccccc2)cc1S(=O)(=O)[O-]. The van der Waals surface area contributed by atoms with Crippen LogP contribution in [0.2, 0.25) is 0 Å². The van der Waals surface area contributed by atoms with Gasteiger partial charge in [0, 0.05) is 5.56 Å². The van der Waals surface area contributed by atoms with Gasteiger partial charge in [0.05, 0.1) is 12.0 Å². The molecule has 0 fully saturated rings. The predicted molar refractivity (Wildman–Crippen MR) is 80.8 cm³/mol. The standard InChI is InChI=1S/C16H14O5S/c1-21-15-10-8-12(11-16(15)22(18,19)20)7-9-14(17)13-5-3-2-4-6-13/h2-11H,1H3,(H,18,19,20)/p-1. The van der Waals surface area contributed by atoms with E-state index in [1.807, 2.05) is 0 Å². The molecule has 0 atom stereocenters. The molecule has 0 aliphatic heterocycles. The van der Waals surface area contributed by atoms with E-state index in [0.717, 1.165) is 0 Å². The van der Waals surface area contributed by atoms with Crippen molar-refractivity contribution in [2.24, 2.45) is 0 Å². The molecule has 0 saturated heterocycles. The summed E-state index contributed by atoms with van der Waals surface area (Å²) < 4.78 is 38.4. The first-order valence-electron chi connectivity index (χ1n) is 6.33. The number of benzene rings is 2. The van der Waals surface area contributed by atoms with E-state index in [-0.39, 0.29) is 11.5 Å². The molecule has 0 aliphatic carbocycles. The fourth-order valence-corrected chi connectivity index (χ4v) is 2.54. The van der Waals surface area contributed by atoms with E-state index in [9.17, 15) is 17.8 Å². The fourth-order valence-electron chi connectivity index (χ4n) is 1.86. The first-order chi connectivity index (χ1) is 10.4. The molecular weight excluding hydrogens is 304 g/mol. The summed E-state index contributed by atoms with van der Waals surface area (Å²) in [5.41, 5.74) is 0.934. The number of hydrogen-bond donors (Lipinski definition) is 0. The van der Waals surface area contributed by atoms with Gasteiger partial charge in [0.1, 0.15) is 15.9 Å². The van der Waals surface area contributed by atoms with Crippen LogP contribution in [0.3, 0.4) is 0 Å².